The Morgan fingerprint density at radius 2 is 1.51 bits per heavy atom. The summed E-state index contributed by atoms with van der Waals surface area (Å²) in [6.07, 6.45) is 3.29. The van der Waals surface area contributed by atoms with Gasteiger partial charge in [-0.2, -0.15) is 0 Å². The average molecular weight is 485 g/mol. The van der Waals surface area contributed by atoms with Crippen molar-refractivity contribution in [2.75, 3.05) is 0 Å². The third kappa shape index (κ3) is 5.26. The number of carbonyl (C=O) groups is 1. The third-order valence-electron chi connectivity index (χ3n) is 6.80. The van der Waals surface area contributed by atoms with Gasteiger partial charge in [-0.1, -0.05) is 55.8 Å². The molecule has 0 N–H and O–H groups in total. The standard InChI is InChI=1S/C29H28F4O2/c1-3-4-18-6-8-19(9-7-18)22-15-16-23(27(32)26(22)31)20-10-12-21(13-11-20)35-29(34)24-14-5-17(2)25(30)28(24)33/h5-9,14-16,20-21H,3-4,10-13H2,1-2H3. The number of rotatable bonds is 6. The predicted octanol–water partition coefficient (Wildman–Crippen LogP) is 8.05. The molecule has 0 aromatic heterocycles. The molecule has 0 amide bonds. The van der Waals surface area contributed by atoms with Crippen LogP contribution in [0.5, 0.6) is 0 Å². The van der Waals surface area contributed by atoms with Gasteiger partial charge in [-0.15, -0.1) is 0 Å². The van der Waals surface area contributed by atoms with Crippen LogP contribution in [0.15, 0.2) is 48.5 Å². The van der Waals surface area contributed by atoms with E-state index in [9.17, 15) is 18.0 Å². The molecule has 0 atom stereocenters. The summed E-state index contributed by atoms with van der Waals surface area (Å²) in [4.78, 5) is 12.3. The zero-order chi connectivity index (χ0) is 25.1. The molecular weight excluding hydrogens is 456 g/mol. The Morgan fingerprint density at radius 3 is 2.17 bits per heavy atom. The van der Waals surface area contributed by atoms with Crippen LogP contribution < -0.4 is 0 Å². The van der Waals surface area contributed by atoms with E-state index in [0.717, 1.165) is 18.4 Å². The van der Waals surface area contributed by atoms with Gasteiger partial charge in [0.2, 0.25) is 0 Å². The van der Waals surface area contributed by atoms with E-state index in [1.165, 1.54) is 19.1 Å². The van der Waals surface area contributed by atoms with Crippen LogP contribution in [0.1, 0.15) is 72.0 Å². The van der Waals surface area contributed by atoms with Crippen molar-refractivity contribution >= 4 is 5.97 Å². The molecule has 3 aromatic carbocycles. The molecule has 1 saturated carbocycles. The Balaban J connectivity index is 1.41. The van der Waals surface area contributed by atoms with Gasteiger partial charge in [-0.25, -0.2) is 22.4 Å². The molecule has 0 unspecified atom stereocenters. The van der Waals surface area contributed by atoms with Gasteiger partial charge < -0.3 is 4.74 Å². The van der Waals surface area contributed by atoms with Crippen molar-refractivity contribution in [3.63, 3.8) is 0 Å². The second-order valence-corrected chi connectivity index (χ2v) is 9.21. The smallest absolute Gasteiger partial charge is 0.341 e. The van der Waals surface area contributed by atoms with Crippen molar-refractivity contribution in [1.82, 2.24) is 0 Å². The largest absolute Gasteiger partial charge is 0.459 e. The number of esters is 1. The molecule has 0 saturated heterocycles. The molecule has 1 aliphatic carbocycles. The molecule has 35 heavy (non-hydrogen) atoms. The topological polar surface area (TPSA) is 26.3 Å². The molecule has 0 radical (unpaired) electrons. The molecule has 0 spiro atoms. The maximum atomic E-state index is 15.0. The van der Waals surface area contributed by atoms with Gasteiger partial charge in [0.1, 0.15) is 6.10 Å². The average Bonchev–Trinajstić information content (AvgIpc) is 2.86. The minimum absolute atomic E-state index is 0.105. The van der Waals surface area contributed by atoms with E-state index in [0.29, 0.717) is 36.8 Å². The van der Waals surface area contributed by atoms with Crippen LogP contribution in [0.4, 0.5) is 17.6 Å². The van der Waals surface area contributed by atoms with E-state index in [2.05, 4.69) is 6.92 Å². The van der Waals surface area contributed by atoms with Gasteiger partial charge in [0.05, 0.1) is 5.56 Å². The van der Waals surface area contributed by atoms with Crippen LogP contribution >= 0.6 is 0 Å². The highest BCUT2D eigenvalue weighted by molar-refractivity contribution is 5.90. The van der Waals surface area contributed by atoms with Crippen LogP contribution in [-0.2, 0) is 11.2 Å². The Hall–Kier alpha value is -3.15. The van der Waals surface area contributed by atoms with Gasteiger partial charge >= 0.3 is 5.97 Å². The summed E-state index contributed by atoms with van der Waals surface area (Å²) in [7, 11) is 0. The Labute approximate surface area is 202 Å². The number of hydrogen-bond donors (Lipinski definition) is 0. The molecule has 1 aliphatic rings. The van der Waals surface area contributed by atoms with Crippen molar-refractivity contribution in [3.05, 3.63) is 94.1 Å². The molecule has 1 fully saturated rings. The van der Waals surface area contributed by atoms with Crippen LogP contribution in [0.2, 0.25) is 0 Å². The first-order valence-electron chi connectivity index (χ1n) is 12.0. The van der Waals surface area contributed by atoms with Crippen molar-refractivity contribution in [2.45, 2.75) is 64.4 Å². The first-order valence-corrected chi connectivity index (χ1v) is 12.0. The molecule has 0 heterocycles. The zero-order valence-corrected chi connectivity index (χ0v) is 19.8. The van der Waals surface area contributed by atoms with E-state index in [1.54, 1.807) is 12.1 Å². The monoisotopic (exact) mass is 484 g/mol. The van der Waals surface area contributed by atoms with Crippen LogP contribution in [0, 0.1) is 30.2 Å². The number of benzene rings is 3. The Bertz CT molecular complexity index is 1210. The molecular formula is C29H28F4O2. The Morgan fingerprint density at radius 1 is 0.829 bits per heavy atom. The first-order chi connectivity index (χ1) is 16.8. The fraction of sp³-hybridized carbons (Fsp3) is 0.345. The molecule has 4 rings (SSSR count). The number of ether oxygens (including phenoxy) is 1. The lowest BCUT2D eigenvalue weighted by Gasteiger charge is -2.29. The lowest BCUT2D eigenvalue weighted by molar-refractivity contribution is 0.0188. The molecule has 0 bridgehead atoms. The summed E-state index contributed by atoms with van der Waals surface area (Å²) in [6, 6.07) is 13.3. The van der Waals surface area contributed by atoms with Crippen molar-refractivity contribution in [1.29, 1.82) is 0 Å². The summed E-state index contributed by atoms with van der Waals surface area (Å²) in [5, 5.41) is 0. The van der Waals surface area contributed by atoms with Gasteiger partial charge in [0.15, 0.2) is 23.3 Å². The van der Waals surface area contributed by atoms with Crippen LogP contribution in [0.25, 0.3) is 11.1 Å². The Kier molecular flexibility index (Phi) is 7.58. The van der Waals surface area contributed by atoms with Gasteiger partial charge in [0.25, 0.3) is 0 Å². The maximum absolute atomic E-state index is 15.0. The van der Waals surface area contributed by atoms with E-state index in [4.69, 9.17) is 4.74 Å². The van der Waals surface area contributed by atoms with E-state index < -0.39 is 40.9 Å². The SMILES string of the molecule is CCCc1ccc(-c2ccc(C3CCC(OC(=O)c4ccc(C)c(F)c4F)CC3)c(F)c2F)cc1. The highest BCUT2D eigenvalue weighted by atomic mass is 19.2. The highest BCUT2D eigenvalue weighted by Crippen LogP contribution is 2.38. The second kappa shape index (κ2) is 10.6. The summed E-state index contributed by atoms with van der Waals surface area (Å²) in [5.74, 6) is -5.14. The summed E-state index contributed by atoms with van der Waals surface area (Å²) >= 11 is 0. The molecule has 0 aliphatic heterocycles. The molecule has 184 valence electrons. The second-order valence-electron chi connectivity index (χ2n) is 9.21. The van der Waals surface area contributed by atoms with E-state index in [1.807, 2.05) is 24.3 Å². The first kappa shape index (κ1) is 25.0. The zero-order valence-electron chi connectivity index (χ0n) is 19.8. The summed E-state index contributed by atoms with van der Waals surface area (Å²) in [6.45, 7) is 3.50. The van der Waals surface area contributed by atoms with Crippen molar-refractivity contribution in [3.8, 4) is 11.1 Å². The summed E-state index contributed by atoms with van der Waals surface area (Å²) < 4.78 is 63.3. The lowest BCUT2D eigenvalue weighted by atomic mass is 9.82. The molecule has 2 nitrogen and oxygen atoms in total. The minimum Gasteiger partial charge on any atom is -0.459 e. The quantitative estimate of drug-likeness (QED) is 0.261. The third-order valence-corrected chi connectivity index (χ3v) is 6.80. The fourth-order valence-corrected chi connectivity index (χ4v) is 4.75. The molecule has 6 heteroatoms. The number of halogens is 4. The van der Waals surface area contributed by atoms with E-state index in [-0.39, 0.29) is 17.0 Å². The highest BCUT2D eigenvalue weighted by Gasteiger charge is 2.29. The van der Waals surface area contributed by atoms with Gasteiger partial charge in [-0.3, -0.25) is 0 Å². The predicted molar refractivity (Wildman–Crippen MR) is 127 cm³/mol. The van der Waals surface area contributed by atoms with Crippen molar-refractivity contribution < 1.29 is 27.1 Å². The summed E-state index contributed by atoms with van der Waals surface area (Å²) in [5.41, 5.74) is 1.98. The van der Waals surface area contributed by atoms with E-state index >= 15 is 4.39 Å². The molecule has 3 aromatic rings. The van der Waals surface area contributed by atoms with Crippen molar-refractivity contribution in [2.24, 2.45) is 0 Å². The lowest BCUT2D eigenvalue weighted by Crippen LogP contribution is -2.25. The minimum atomic E-state index is -1.22. The number of hydrogen-bond acceptors (Lipinski definition) is 2. The normalized spacial score (nSPS) is 17.9. The number of aryl methyl sites for hydroxylation is 2. The maximum Gasteiger partial charge on any atom is 0.341 e. The fourth-order valence-electron chi connectivity index (χ4n) is 4.75. The van der Waals surface area contributed by atoms with Gasteiger partial charge in [0, 0.05) is 5.56 Å². The van der Waals surface area contributed by atoms with Crippen LogP contribution in [0.3, 0.4) is 0 Å². The number of carbonyl (C=O) groups excluding carboxylic acids is 1. The van der Waals surface area contributed by atoms with Gasteiger partial charge in [-0.05, 0) is 73.3 Å². The van der Waals surface area contributed by atoms with Crippen LogP contribution in [-0.4, -0.2) is 12.1 Å².